The number of hydrogen-bond donors (Lipinski definition) is 2. The van der Waals surface area contributed by atoms with Gasteiger partial charge in [-0.05, 0) is 43.3 Å². The summed E-state index contributed by atoms with van der Waals surface area (Å²) in [5.74, 6) is 0.841. The number of rotatable bonds is 5. The summed E-state index contributed by atoms with van der Waals surface area (Å²) in [6.07, 6.45) is 1.66. The van der Waals surface area contributed by atoms with Gasteiger partial charge in [-0.3, -0.25) is 4.98 Å². The van der Waals surface area contributed by atoms with Crippen molar-refractivity contribution in [2.75, 3.05) is 11.9 Å². The molecule has 98 valence electrons. The van der Waals surface area contributed by atoms with Gasteiger partial charge in [0.2, 0.25) is 0 Å². The van der Waals surface area contributed by atoms with Gasteiger partial charge in [0.15, 0.2) is 0 Å². The molecule has 0 radical (unpaired) electrons. The van der Waals surface area contributed by atoms with Gasteiger partial charge in [-0.15, -0.1) is 0 Å². The lowest BCUT2D eigenvalue weighted by molar-refractivity contribution is 0.340. The van der Waals surface area contributed by atoms with Crippen LogP contribution in [0.4, 0.5) is 11.4 Å². The van der Waals surface area contributed by atoms with Gasteiger partial charge in [0, 0.05) is 11.9 Å². The molecule has 5 heteroatoms. The highest BCUT2D eigenvalue weighted by molar-refractivity contribution is 7.80. The highest BCUT2D eigenvalue weighted by Gasteiger charge is 2.06. The molecule has 0 spiro atoms. The molecule has 19 heavy (non-hydrogen) atoms. The second-order valence-corrected chi connectivity index (χ2v) is 4.29. The molecule has 0 aliphatic carbocycles. The number of hydrogen-bond acceptors (Lipinski definition) is 4. The highest BCUT2D eigenvalue weighted by atomic mass is 32.1. The van der Waals surface area contributed by atoms with Crippen molar-refractivity contribution in [2.45, 2.75) is 6.92 Å². The number of pyridine rings is 1. The van der Waals surface area contributed by atoms with Gasteiger partial charge < -0.3 is 15.8 Å². The molecule has 0 fully saturated rings. The van der Waals surface area contributed by atoms with Gasteiger partial charge >= 0.3 is 0 Å². The number of nitrogens with two attached hydrogens (primary N) is 1. The van der Waals surface area contributed by atoms with Gasteiger partial charge in [-0.1, -0.05) is 12.2 Å². The van der Waals surface area contributed by atoms with Crippen LogP contribution in [0.25, 0.3) is 0 Å². The molecule has 0 saturated carbocycles. The normalized spacial score (nSPS) is 9.95. The number of aromatic nitrogens is 1. The number of thiocarbonyl (C=S) groups is 1. The Labute approximate surface area is 117 Å². The van der Waals surface area contributed by atoms with Gasteiger partial charge in [0.25, 0.3) is 0 Å². The average molecular weight is 273 g/mol. The van der Waals surface area contributed by atoms with E-state index in [0.29, 0.717) is 12.3 Å². The zero-order valence-corrected chi connectivity index (χ0v) is 11.4. The quantitative estimate of drug-likeness (QED) is 0.820. The molecule has 0 aliphatic rings. The zero-order chi connectivity index (χ0) is 13.7. The minimum atomic E-state index is 0.272. The molecule has 3 N–H and O–H groups in total. The Balaban J connectivity index is 2.19. The first-order chi connectivity index (χ1) is 9.20. The van der Waals surface area contributed by atoms with Crippen LogP contribution in [0.3, 0.4) is 0 Å². The summed E-state index contributed by atoms with van der Waals surface area (Å²) in [6, 6.07) is 11.4. The van der Waals surface area contributed by atoms with Gasteiger partial charge in [-0.25, -0.2) is 0 Å². The summed E-state index contributed by atoms with van der Waals surface area (Å²) in [5, 5.41) is 3.24. The Hall–Kier alpha value is -2.14. The fourth-order valence-corrected chi connectivity index (χ4v) is 1.82. The van der Waals surface area contributed by atoms with Crippen LogP contribution in [0.15, 0.2) is 42.6 Å². The predicted molar refractivity (Wildman–Crippen MR) is 81.0 cm³/mol. The Morgan fingerprint density at radius 2 is 2.05 bits per heavy atom. The lowest BCUT2D eigenvalue weighted by Crippen LogP contribution is -2.13. The van der Waals surface area contributed by atoms with E-state index >= 15 is 0 Å². The van der Waals surface area contributed by atoms with Crippen LogP contribution in [0.5, 0.6) is 5.75 Å². The Morgan fingerprint density at radius 3 is 2.68 bits per heavy atom. The molecule has 0 amide bonds. The Bertz CT molecular complexity index is 569. The number of nitrogens with one attached hydrogen (secondary N) is 1. The molecule has 1 heterocycles. The second kappa shape index (κ2) is 6.15. The molecular formula is C14H15N3OS. The summed E-state index contributed by atoms with van der Waals surface area (Å²) < 4.78 is 5.39. The standard InChI is InChI=1S/C14H15N3OS/c1-2-18-11-7-5-10(6-8-11)17-12-4-3-9-16-13(12)14(15)19/h3-9,17H,2H2,1H3,(H2,15,19). The SMILES string of the molecule is CCOc1ccc(Nc2cccnc2C(N)=S)cc1. The van der Waals surface area contributed by atoms with Crippen LogP contribution in [0.2, 0.25) is 0 Å². The maximum absolute atomic E-state index is 5.64. The molecule has 1 aromatic heterocycles. The summed E-state index contributed by atoms with van der Waals surface area (Å²) in [4.78, 5) is 4.44. The van der Waals surface area contributed by atoms with Crippen molar-refractivity contribution >= 4 is 28.6 Å². The van der Waals surface area contributed by atoms with E-state index in [-0.39, 0.29) is 4.99 Å². The number of benzene rings is 1. The minimum absolute atomic E-state index is 0.272. The van der Waals surface area contributed by atoms with Crippen LogP contribution in [0, 0.1) is 0 Å². The van der Waals surface area contributed by atoms with Crippen molar-refractivity contribution in [1.82, 2.24) is 4.98 Å². The first-order valence-corrected chi connectivity index (χ1v) is 6.36. The van der Waals surface area contributed by atoms with Gasteiger partial charge in [0.1, 0.15) is 16.4 Å². The smallest absolute Gasteiger partial charge is 0.124 e. The predicted octanol–water partition coefficient (Wildman–Crippen LogP) is 2.86. The van der Waals surface area contributed by atoms with Gasteiger partial charge in [-0.2, -0.15) is 0 Å². The van der Waals surface area contributed by atoms with Crippen molar-refractivity contribution in [3.8, 4) is 5.75 Å². The largest absolute Gasteiger partial charge is 0.494 e. The van der Waals surface area contributed by atoms with Crippen LogP contribution in [0.1, 0.15) is 12.6 Å². The summed E-state index contributed by atoms with van der Waals surface area (Å²) in [6.45, 7) is 2.61. The van der Waals surface area contributed by atoms with Crippen LogP contribution >= 0.6 is 12.2 Å². The van der Waals surface area contributed by atoms with Gasteiger partial charge in [0.05, 0.1) is 12.3 Å². The van der Waals surface area contributed by atoms with Crippen molar-refractivity contribution in [2.24, 2.45) is 5.73 Å². The molecule has 2 aromatic rings. The van der Waals surface area contributed by atoms with Crippen molar-refractivity contribution in [3.63, 3.8) is 0 Å². The molecular weight excluding hydrogens is 258 g/mol. The minimum Gasteiger partial charge on any atom is -0.494 e. The van der Waals surface area contributed by atoms with E-state index in [4.69, 9.17) is 22.7 Å². The van der Waals surface area contributed by atoms with Crippen molar-refractivity contribution < 1.29 is 4.74 Å². The number of ether oxygens (including phenoxy) is 1. The second-order valence-electron chi connectivity index (χ2n) is 3.85. The number of anilines is 2. The maximum atomic E-state index is 5.64. The Kier molecular flexibility index (Phi) is 4.30. The lowest BCUT2D eigenvalue weighted by atomic mass is 10.2. The molecule has 2 rings (SSSR count). The maximum Gasteiger partial charge on any atom is 0.124 e. The molecule has 0 saturated heterocycles. The van der Waals surface area contributed by atoms with Crippen molar-refractivity contribution in [1.29, 1.82) is 0 Å². The molecule has 0 aliphatic heterocycles. The summed E-state index contributed by atoms with van der Waals surface area (Å²) in [7, 11) is 0. The van der Waals surface area contributed by atoms with Crippen LogP contribution < -0.4 is 15.8 Å². The van der Waals surface area contributed by atoms with Crippen molar-refractivity contribution in [3.05, 3.63) is 48.3 Å². The Morgan fingerprint density at radius 1 is 1.32 bits per heavy atom. The van der Waals surface area contributed by atoms with Crippen LogP contribution in [-0.4, -0.2) is 16.6 Å². The highest BCUT2D eigenvalue weighted by Crippen LogP contribution is 2.21. The molecule has 0 bridgehead atoms. The van der Waals surface area contributed by atoms with E-state index in [2.05, 4.69) is 10.3 Å². The molecule has 0 unspecified atom stereocenters. The monoisotopic (exact) mass is 273 g/mol. The van der Waals surface area contributed by atoms with E-state index in [9.17, 15) is 0 Å². The topological polar surface area (TPSA) is 60.2 Å². The lowest BCUT2D eigenvalue weighted by Gasteiger charge is -2.10. The van der Waals surface area contributed by atoms with E-state index in [1.54, 1.807) is 6.20 Å². The molecule has 0 atom stereocenters. The first-order valence-electron chi connectivity index (χ1n) is 5.95. The fraction of sp³-hybridized carbons (Fsp3) is 0.143. The van der Waals surface area contributed by atoms with E-state index in [0.717, 1.165) is 17.1 Å². The van der Waals surface area contributed by atoms with E-state index in [1.165, 1.54) is 0 Å². The van der Waals surface area contributed by atoms with E-state index in [1.807, 2.05) is 43.3 Å². The molecule has 1 aromatic carbocycles. The fourth-order valence-electron chi connectivity index (χ4n) is 1.66. The average Bonchev–Trinajstić information content (AvgIpc) is 2.42. The zero-order valence-electron chi connectivity index (χ0n) is 10.6. The third kappa shape index (κ3) is 3.42. The summed E-state index contributed by atoms with van der Waals surface area (Å²) >= 11 is 4.98. The first kappa shape index (κ1) is 13.3. The summed E-state index contributed by atoms with van der Waals surface area (Å²) in [5.41, 5.74) is 7.95. The molecule has 4 nitrogen and oxygen atoms in total. The third-order valence-electron chi connectivity index (χ3n) is 2.49. The number of nitrogens with zero attached hydrogens (tertiary/aromatic N) is 1. The van der Waals surface area contributed by atoms with Crippen LogP contribution in [-0.2, 0) is 0 Å². The third-order valence-corrected chi connectivity index (χ3v) is 2.68. The van der Waals surface area contributed by atoms with E-state index < -0.39 is 0 Å².